The maximum absolute atomic E-state index is 13.9. The minimum absolute atomic E-state index is 0.246. The van der Waals surface area contributed by atoms with Crippen molar-refractivity contribution in [3.8, 4) is 11.4 Å². The number of halogens is 1. The lowest BCUT2D eigenvalue weighted by Gasteiger charge is -2.36. The molecule has 0 atom stereocenters. The summed E-state index contributed by atoms with van der Waals surface area (Å²) in [6, 6.07) is 16.1. The average Bonchev–Trinajstić information content (AvgIpc) is 3.33. The number of para-hydroxylation sites is 1. The van der Waals surface area contributed by atoms with Gasteiger partial charge >= 0.3 is 0 Å². The molecule has 1 N–H and O–H groups in total. The van der Waals surface area contributed by atoms with Crippen LogP contribution in [0.15, 0.2) is 60.8 Å². The molecule has 0 spiro atoms. The van der Waals surface area contributed by atoms with Crippen LogP contribution in [0.3, 0.4) is 0 Å². The molecule has 1 fully saturated rings. The Morgan fingerprint density at radius 2 is 1.81 bits per heavy atom. The summed E-state index contributed by atoms with van der Waals surface area (Å²) in [6.07, 6.45) is 2.46. The third kappa shape index (κ3) is 5.26. The highest BCUT2D eigenvalue weighted by Crippen LogP contribution is 2.20. The Kier molecular flexibility index (Phi) is 7.01. The molecule has 2 heterocycles. The van der Waals surface area contributed by atoms with E-state index in [9.17, 15) is 9.18 Å². The molecule has 1 aromatic heterocycles. The van der Waals surface area contributed by atoms with Gasteiger partial charge in [-0.2, -0.15) is 5.10 Å². The van der Waals surface area contributed by atoms with Crippen LogP contribution in [0.1, 0.15) is 16.9 Å². The summed E-state index contributed by atoms with van der Waals surface area (Å²) in [5.41, 5.74) is 1.81. The van der Waals surface area contributed by atoms with Crippen LogP contribution in [0.5, 0.6) is 5.75 Å². The first-order valence-corrected chi connectivity index (χ1v) is 10.8. The first-order chi connectivity index (χ1) is 15.6. The van der Waals surface area contributed by atoms with Gasteiger partial charge in [0.15, 0.2) is 5.69 Å². The Hall–Kier alpha value is -3.39. The Balaban J connectivity index is 1.17. The summed E-state index contributed by atoms with van der Waals surface area (Å²) < 4.78 is 20.5. The smallest absolute Gasteiger partial charge is 0.271 e. The molecular weight excluding hydrogens is 409 g/mol. The minimum Gasteiger partial charge on any atom is -0.497 e. The van der Waals surface area contributed by atoms with Crippen LogP contribution in [0.4, 0.5) is 10.1 Å². The molecule has 7 nitrogen and oxygen atoms in total. The molecule has 1 saturated heterocycles. The number of aromatic nitrogens is 2. The molecule has 8 heteroatoms. The minimum atomic E-state index is -0.380. The number of nitrogens with zero attached hydrogens (tertiary/aromatic N) is 4. The fraction of sp³-hybridized carbons (Fsp3) is 0.333. The molecule has 1 aliphatic rings. The van der Waals surface area contributed by atoms with Gasteiger partial charge in [-0.05, 0) is 55.4 Å². The van der Waals surface area contributed by atoms with Gasteiger partial charge in [-0.3, -0.25) is 9.69 Å². The standard InChI is InChI=1S/C24H28FN5O2/c1-32-20-9-7-19(8-10-20)29-17-15-28(16-18-29)13-4-12-26-24(31)22-11-14-30(27-22)23-6-3-2-5-21(23)25/h2-3,5-11,14H,4,12-13,15-18H2,1H3,(H,26,31). The predicted molar refractivity (Wildman–Crippen MR) is 122 cm³/mol. The third-order valence-corrected chi connectivity index (χ3v) is 5.67. The molecule has 0 bridgehead atoms. The zero-order valence-corrected chi connectivity index (χ0v) is 18.2. The molecule has 0 unspecified atom stereocenters. The van der Waals surface area contributed by atoms with Crippen LogP contribution < -0.4 is 15.0 Å². The molecule has 1 amide bonds. The highest BCUT2D eigenvalue weighted by atomic mass is 19.1. The quantitative estimate of drug-likeness (QED) is 0.549. The lowest BCUT2D eigenvalue weighted by molar-refractivity contribution is 0.0946. The number of carbonyl (C=O) groups excluding carboxylic acids is 1. The predicted octanol–water partition coefficient (Wildman–Crippen LogP) is 2.96. The van der Waals surface area contributed by atoms with Gasteiger partial charge in [0.1, 0.15) is 17.3 Å². The number of amides is 1. The Bertz CT molecular complexity index is 1030. The van der Waals surface area contributed by atoms with Gasteiger partial charge in [0.25, 0.3) is 5.91 Å². The number of anilines is 1. The molecule has 1 aliphatic heterocycles. The van der Waals surface area contributed by atoms with Crippen molar-refractivity contribution in [2.45, 2.75) is 6.42 Å². The zero-order valence-electron chi connectivity index (χ0n) is 18.2. The molecule has 4 rings (SSSR count). The first kappa shape index (κ1) is 21.8. The fourth-order valence-electron chi connectivity index (χ4n) is 3.83. The summed E-state index contributed by atoms with van der Waals surface area (Å²) in [5.74, 6) is 0.243. The molecule has 168 valence electrons. The number of piperazine rings is 1. The maximum Gasteiger partial charge on any atom is 0.271 e. The van der Waals surface area contributed by atoms with Crippen LogP contribution in [-0.2, 0) is 0 Å². The number of ether oxygens (including phenoxy) is 1. The van der Waals surface area contributed by atoms with Crippen molar-refractivity contribution in [2.75, 3.05) is 51.3 Å². The van der Waals surface area contributed by atoms with E-state index in [-0.39, 0.29) is 17.4 Å². The Morgan fingerprint density at radius 3 is 2.53 bits per heavy atom. The SMILES string of the molecule is COc1ccc(N2CCN(CCCNC(=O)c3ccn(-c4ccccc4F)n3)CC2)cc1. The van der Waals surface area contributed by atoms with Gasteiger partial charge in [0.05, 0.1) is 7.11 Å². The monoisotopic (exact) mass is 437 g/mol. The number of nitrogens with one attached hydrogen (secondary N) is 1. The molecule has 3 aromatic rings. The topological polar surface area (TPSA) is 62.6 Å². The normalized spacial score (nSPS) is 14.4. The number of hydrogen-bond donors (Lipinski definition) is 1. The van der Waals surface area contributed by atoms with E-state index in [1.54, 1.807) is 37.6 Å². The molecular formula is C24H28FN5O2. The number of hydrogen-bond acceptors (Lipinski definition) is 5. The van der Waals surface area contributed by atoms with E-state index >= 15 is 0 Å². The largest absolute Gasteiger partial charge is 0.497 e. The van der Waals surface area contributed by atoms with E-state index < -0.39 is 0 Å². The summed E-state index contributed by atoms with van der Waals surface area (Å²) >= 11 is 0. The second kappa shape index (κ2) is 10.3. The number of benzene rings is 2. The van der Waals surface area contributed by atoms with Crippen LogP contribution in [-0.4, -0.2) is 67.0 Å². The number of carbonyl (C=O) groups is 1. The molecule has 32 heavy (non-hydrogen) atoms. The van der Waals surface area contributed by atoms with Crippen molar-refractivity contribution in [1.82, 2.24) is 20.0 Å². The summed E-state index contributed by atoms with van der Waals surface area (Å²) in [5, 5.41) is 7.10. The second-order valence-electron chi connectivity index (χ2n) is 7.73. The van der Waals surface area contributed by atoms with Crippen molar-refractivity contribution < 1.29 is 13.9 Å². The zero-order chi connectivity index (χ0) is 22.3. The maximum atomic E-state index is 13.9. The van der Waals surface area contributed by atoms with Gasteiger partial charge in [-0.1, -0.05) is 12.1 Å². The van der Waals surface area contributed by atoms with Gasteiger partial charge in [0, 0.05) is 44.6 Å². The van der Waals surface area contributed by atoms with Gasteiger partial charge in [-0.15, -0.1) is 0 Å². The van der Waals surface area contributed by atoms with E-state index in [1.165, 1.54) is 16.4 Å². The van der Waals surface area contributed by atoms with Crippen molar-refractivity contribution >= 4 is 11.6 Å². The van der Waals surface area contributed by atoms with Crippen LogP contribution in [0.25, 0.3) is 5.69 Å². The van der Waals surface area contributed by atoms with E-state index in [2.05, 4.69) is 32.3 Å². The molecule has 0 aliphatic carbocycles. The van der Waals surface area contributed by atoms with Crippen LogP contribution in [0, 0.1) is 5.82 Å². The summed E-state index contributed by atoms with van der Waals surface area (Å²) in [4.78, 5) is 17.2. The van der Waals surface area contributed by atoms with Crippen molar-refractivity contribution in [2.24, 2.45) is 0 Å². The van der Waals surface area contributed by atoms with E-state index in [4.69, 9.17) is 4.74 Å². The Morgan fingerprint density at radius 1 is 1.06 bits per heavy atom. The highest BCUT2D eigenvalue weighted by Gasteiger charge is 2.17. The number of rotatable bonds is 8. The lowest BCUT2D eigenvalue weighted by atomic mass is 10.2. The average molecular weight is 438 g/mol. The fourth-order valence-corrected chi connectivity index (χ4v) is 3.83. The third-order valence-electron chi connectivity index (χ3n) is 5.67. The molecule has 0 saturated carbocycles. The van der Waals surface area contributed by atoms with E-state index in [0.29, 0.717) is 12.2 Å². The second-order valence-corrected chi connectivity index (χ2v) is 7.73. The van der Waals surface area contributed by atoms with E-state index in [0.717, 1.165) is 44.9 Å². The van der Waals surface area contributed by atoms with Crippen LogP contribution >= 0.6 is 0 Å². The summed E-state index contributed by atoms with van der Waals surface area (Å²) in [6.45, 7) is 5.45. The van der Waals surface area contributed by atoms with Crippen LogP contribution in [0.2, 0.25) is 0 Å². The highest BCUT2D eigenvalue weighted by molar-refractivity contribution is 5.92. The van der Waals surface area contributed by atoms with Crippen molar-refractivity contribution in [3.63, 3.8) is 0 Å². The lowest BCUT2D eigenvalue weighted by Crippen LogP contribution is -2.47. The van der Waals surface area contributed by atoms with Crippen molar-refractivity contribution in [3.05, 3.63) is 72.3 Å². The van der Waals surface area contributed by atoms with Crippen molar-refractivity contribution in [1.29, 1.82) is 0 Å². The van der Waals surface area contributed by atoms with Gasteiger partial charge in [0.2, 0.25) is 0 Å². The first-order valence-electron chi connectivity index (χ1n) is 10.8. The summed E-state index contributed by atoms with van der Waals surface area (Å²) in [7, 11) is 1.68. The van der Waals surface area contributed by atoms with Gasteiger partial charge in [-0.25, -0.2) is 9.07 Å². The van der Waals surface area contributed by atoms with Gasteiger partial charge < -0.3 is 15.0 Å². The Labute approximate surface area is 187 Å². The molecule has 2 aromatic carbocycles. The molecule has 0 radical (unpaired) electrons. The van der Waals surface area contributed by atoms with E-state index in [1.807, 2.05) is 12.1 Å². The number of methoxy groups -OCH3 is 1.